The van der Waals surface area contributed by atoms with Crippen molar-refractivity contribution < 1.29 is 19.7 Å². The molecule has 1 fully saturated rings. The van der Waals surface area contributed by atoms with Gasteiger partial charge in [-0.3, -0.25) is 0 Å². The van der Waals surface area contributed by atoms with Gasteiger partial charge in [0.15, 0.2) is 0 Å². The molecule has 1 rings (SSSR count). The van der Waals surface area contributed by atoms with E-state index in [0.29, 0.717) is 0 Å². The fraction of sp³-hybridized carbons (Fsp3) is 0.889. The van der Waals surface area contributed by atoms with E-state index in [9.17, 15) is 4.79 Å². The van der Waals surface area contributed by atoms with Crippen molar-refractivity contribution in [2.24, 2.45) is 11.3 Å². The maximum atomic E-state index is 10.8. The van der Waals surface area contributed by atoms with Crippen molar-refractivity contribution in [1.29, 1.82) is 0 Å². The van der Waals surface area contributed by atoms with Crippen LogP contribution in [0.4, 0.5) is 0 Å². The van der Waals surface area contributed by atoms with Gasteiger partial charge in [-0.05, 0) is 11.8 Å². The monoisotopic (exact) mass is 188 g/mol. The van der Waals surface area contributed by atoms with Crippen LogP contribution >= 0.6 is 0 Å². The lowest BCUT2D eigenvalue weighted by molar-refractivity contribution is -0.146. The quantitative estimate of drug-likeness (QED) is 0.542. The van der Waals surface area contributed by atoms with E-state index in [1.807, 2.05) is 6.92 Å². The molecule has 1 unspecified atom stereocenters. The molecule has 0 bridgehead atoms. The van der Waals surface area contributed by atoms with Crippen molar-refractivity contribution in [3.63, 3.8) is 0 Å². The summed E-state index contributed by atoms with van der Waals surface area (Å²) in [6, 6.07) is 0. The normalized spacial score (nSPS) is 22.5. The summed E-state index contributed by atoms with van der Waals surface area (Å²) in [7, 11) is 0. The molecule has 0 aliphatic carbocycles. The van der Waals surface area contributed by atoms with Gasteiger partial charge in [0.2, 0.25) is 0 Å². The van der Waals surface area contributed by atoms with Gasteiger partial charge in [-0.2, -0.15) is 9.78 Å². The molecule has 0 saturated carbocycles. The summed E-state index contributed by atoms with van der Waals surface area (Å²) in [6.45, 7) is 8.00. The lowest BCUT2D eigenvalue weighted by atomic mass is 9.82. The topological polar surface area (TPSA) is 62.4 Å². The summed E-state index contributed by atoms with van der Waals surface area (Å²) in [5.41, 5.74) is 0.0805. The Morgan fingerprint density at radius 2 is 1.92 bits per heavy atom. The molecule has 13 heavy (non-hydrogen) atoms. The van der Waals surface area contributed by atoms with Crippen LogP contribution in [0.2, 0.25) is 0 Å². The third-order valence-electron chi connectivity index (χ3n) is 2.13. The Morgan fingerprint density at radius 1 is 1.46 bits per heavy atom. The Kier molecular flexibility index (Phi) is 2.38. The van der Waals surface area contributed by atoms with Crippen molar-refractivity contribution in [3.8, 4) is 0 Å². The van der Waals surface area contributed by atoms with Crippen LogP contribution in [-0.4, -0.2) is 16.9 Å². The summed E-state index contributed by atoms with van der Waals surface area (Å²) in [5.74, 6) is -2.54. The molecular formula is C9H16O4. The number of hydrogen-bond donors (Lipinski definition) is 1. The number of carboxylic acid groups (broad SMARTS) is 1. The van der Waals surface area contributed by atoms with E-state index in [1.165, 1.54) is 0 Å². The predicted octanol–water partition coefficient (Wildman–Crippen LogP) is 1.80. The fourth-order valence-corrected chi connectivity index (χ4v) is 1.54. The second-order valence-corrected chi connectivity index (χ2v) is 4.81. The van der Waals surface area contributed by atoms with Crippen molar-refractivity contribution in [1.82, 2.24) is 0 Å². The number of hydrogen-bond acceptors (Lipinski definition) is 3. The number of carboxylic acids is 1. The van der Waals surface area contributed by atoms with Gasteiger partial charge in [0, 0.05) is 5.92 Å². The van der Waals surface area contributed by atoms with E-state index >= 15 is 0 Å². The molecule has 0 aromatic carbocycles. The predicted molar refractivity (Wildman–Crippen MR) is 45.8 cm³/mol. The third kappa shape index (κ3) is 2.19. The van der Waals surface area contributed by atoms with Crippen LogP contribution in [0.3, 0.4) is 0 Å². The molecule has 1 atom stereocenters. The first-order valence-corrected chi connectivity index (χ1v) is 4.38. The lowest BCUT2D eigenvalue weighted by Gasteiger charge is -2.23. The van der Waals surface area contributed by atoms with E-state index in [-0.39, 0.29) is 11.3 Å². The first kappa shape index (κ1) is 10.5. The highest BCUT2D eigenvalue weighted by Crippen LogP contribution is 2.42. The van der Waals surface area contributed by atoms with E-state index < -0.39 is 11.8 Å². The highest BCUT2D eigenvalue weighted by Gasteiger charge is 2.61. The fourth-order valence-electron chi connectivity index (χ4n) is 1.54. The number of rotatable bonds is 3. The van der Waals surface area contributed by atoms with E-state index in [4.69, 9.17) is 5.11 Å². The molecule has 0 radical (unpaired) electrons. The Bertz CT molecular complexity index is 212. The Balaban J connectivity index is 2.58. The zero-order valence-electron chi connectivity index (χ0n) is 8.46. The SMILES string of the molecule is CC(CC(C)(C)C)C1(C(=O)O)OO1. The maximum absolute atomic E-state index is 10.8. The Hall–Kier alpha value is -0.610. The third-order valence-corrected chi connectivity index (χ3v) is 2.13. The smallest absolute Gasteiger partial charge is 0.370 e. The molecule has 76 valence electrons. The van der Waals surface area contributed by atoms with E-state index in [2.05, 4.69) is 30.5 Å². The van der Waals surface area contributed by atoms with Gasteiger partial charge in [-0.15, -0.1) is 0 Å². The molecule has 1 saturated heterocycles. The van der Waals surface area contributed by atoms with E-state index in [1.54, 1.807) is 0 Å². The van der Waals surface area contributed by atoms with Crippen molar-refractivity contribution in [2.75, 3.05) is 0 Å². The van der Waals surface area contributed by atoms with Gasteiger partial charge in [0.1, 0.15) is 0 Å². The molecule has 1 aliphatic heterocycles. The van der Waals surface area contributed by atoms with Gasteiger partial charge in [-0.25, -0.2) is 4.79 Å². The van der Waals surface area contributed by atoms with Crippen LogP contribution in [0, 0.1) is 11.3 Å². The molecule has 0 aromatic heterocycles. The molecule has 0 spiro atoms. The maximum Gasteiger partial charge on any atom is 0.370 e. The van der Waals surface area contributed by atoms with Gasteiger partial charge < -0.3 is 5.11 Å². The first-order valence-electron chi connectivity index (χ1n) is 4.38. The largest absolute Gasteiger partial charge is 0.477 e. The second-order valence-electron chi connectivity index (χ2n) is 4.81. The molecule has 0 aromatic rings. The molecule has 4 heteroatoms. The summed E-state index contributed by atoms with van der Waals surface area (Å²) in [4.78, 5) is 19.9. The number of carbonyl (C=O) groups is 1. The minimum absolute atomic E-state index is 0.0805. The van der Waals surface area contributed by atoms with E-state index in [0.717, 1.165) is 6.42 Å². The molecular weight excluding hydrogens is 172 g/mol. The number of aliphatic carboxylic acids is 1. The van der Waals surface area contributed by atoms with Gasteiger partial charge >= 0.3 is 11.8 Å². The minimum atomic E-state index is -1.37. The molecule has 1 aliphatic rings. The van der Waals surface area contributed by atoms with Crippen molar-refractivity contribution in [2.45, 2.75) is 39.9 Å². The summed E-state index contributed by atoms with van der Waals surface area (Å²) >= 11 is 0. The van der Waals surface area contributed by atoms with Crippen LogP contribution < -0.4 is 0 Å². The summed E-state index contributed by atoms with van der Waals surface area (Å²) in [6.07, 6.45) is 0.749. The van der Waals surface area contributed by atoms with Crippen LogP contribution in [-0.2, 0) is 14.6 Å². The summed E-state index contributed by atoms with van der Waals surface area (Å²) in [5, 5.41) is 8.82. The van der Waals surface area contributed by atoms with Crippen LogP contribution in [0.25, 0.3) is 0 Å². The Morgan fingerprint density at radius 3 is 2.15 bits per heavy atom. The van der Waals surface area contributed by atoms with Crippen molar-refractivity contribution in [3.05, 3.63) is 0 Å². The van der Waals surface area contributed by atoms with Gasteiger partial charge in [0.05, 0.1) is 0 Å². The standard InChI is InChI=1S/C9H16O4/c1-6(5-8(2,3)4)9(7(10)11)12-13-9/h6H,5H2,1-4H3,(H,10,11). The van der Waals surface area contributed by atoms with Gasteiger partial charge in [0.25, 0.3) is 0 Å². The van der Waals surface area contributed by atoms with Crippen LogP contribution in [0.1, 0.15) is 34.1 Å². The Labute approximate surface area is 77.8 Å². The zero-order chi connectivity index (χ0) is 10.3. The summed E-state index contributed by atoms with van der Waals surface area (Å²) < 4.78 is 0. The van der Waals surface area contributed by atoms with Crippen molar-refractivity contribution >= 4 is 5.97 Å². The highest BCUT2D eigenvalue weighted by atomic mass is 17.4. The zero-order valence-corrected chi connectivity index (χ0v) is 8.46. The lowest BCUT2D eigenvalue weighted by Crippen LogP contribution is -2.33. The minimum Gasteiger partial charge on any atom is -0.477 e. The second kappa shape index (κ2) is 2.96. The highest BCUT2D eigenvalue weighted by molar-refractivity contribution is 5.77. The molecule has 1 heterocycles. The first-order chi connectivity index (χ1) is 5.78. The molecule has 4 nitrogen and oxygen atoms in total. The average molecular weight is 188 g/mol. The van der Waals surface area contributed by atoms with Gasteiger partial charge in [-0.1, -0.05) is 27.7 Å². The van der Waals surface area contributed by atoms with Crippen LogP contribution in [0.15, 0.2) is 0 Å². The van der Waals surface area contributed by atoms with Crippen LogP contribution in [0.5, 0.6) is 0 Å². The molecule has 0 amide bonds. The average Bonchev–Trinajstić information content (AvgIpc) is 2.59. The molecule has 1 N–H and O–H groups in total.